The maximum atomic E-state index is 4.76. The Morgan fingerprint density at radius 1 is 1.27 bits per heavy atom. The first kappa shape index (κ1) is 22.7. The van der Waals surface area contributed by atoms with Crippen LogP contribution in [-0.4, -0.2) is 49.6 Å². The number of nitrogens with zero attached hydrogens (tertiary/aromatic N) is 1. The molecule has 0 bridgehead atoms. The molecule has 0 saturated heterocycles. The quantitative estimate of drug-likeness (QED) is 0.310. The van der Waals surface area contributed by atoms with Crippen molar-refractivity contribution < 1.29 is 0 Å². The second-order valence-electron chi connectivity index (χ2n) is 1.44. The van der Waals surface area contributed by atoms with Crippen LogP contribution < -0.4 is 0 Å². The van der Waals surface area contributed by atoms with E-state index in [1.54, 1.807) is 0 Å². The monoisotopic (exact) mass is 383 g/mol. The van der Waals surface area contributed by atoms with Crippen LogP contribution in [0, 0.1) is 14.9 Å². The zero-order valence-corrected chi connectivity index (χ0v) is 13.9. The second-order valence-corrected chi connectivity index (χ2v) is 2.47. The molecule has 0 spiro atoms. The molecule has 0 aliphatic rings. The molecule has 0 heterocycles. The summed E-state index contributed by atoms with van der Waals surface area (Å²) in [5.41, 5.74) is 0. The summed E-state index contributed by atoms with van der Waals surface area (Å²) >= 11 is 9.51. The summed E-state index contributed by atoms with van der Waals surface area (Å²) in [5.74, 6) is 0. The Labute approximate surface area is 102 Å². The van der Waals surface area contributed by atoms with E-state index in [1.807, 2.05) is 18.7 Å². The van der Waals surface area contributed by atoms with Crippen LogP contribution in [0.15, 0.2) is 0 Å². The Bertz CT molecular complexity index is 84.5. The Morgan fingerprint density at radius 3 is 1.55 bits per heavy atom. The zero-order chi connectivity index (χ0) is 6.57. The second kappa shape index (κ2) is 13.6. The summed E-state index contributed by atoms with van der Waals surface area (Å²) < 4.78 is 0.579. The van der Waals surface area contributed by atoms with E-state index in [0.717, 1.165) is 13.1 Å². The molecule has 1 nitrogen and oxygen atoms in total. The van der Waals surface area contributed by atoms with Gasteiger partial charge in [-0.1, -0.05) is 4.32 Å². The van der Waals surface area contributed by atoms with Crippen molar-refractivity contribution >= 4 is 56.5 Å². The standard InChI is InChI=1S/C5H11NS2.2CH3.Tl/c1-3-6(4-2)5(7)8;;;/h3-4H2,1-2H3,(H,7,8);2*1H3;/q;2*-1;+3/p-1. The van der Waals surface area contributed by atoms with Gasteiger partial charge in [-0.05, 0) is 13.8 Å². The molecule has 0 aliphatic heterocycles. The first-order valence-corrected chi connectivity index (χ1v) is 3.50. The van der Waals surface area contributed by atoms with E-state index in [9.17, 15) is 0 Å². The fourth-order valence-corrected chi connectivity index (χ4v) is 0.998. The van der Waals surface area contributed by atoms with E-state index in [-0.39, 0.29) is 42.2 Å². The van der Waals surface area contributed by atoms with Crippen LogP contribution in [0.1, 0.15) is 13.8 Å². The van der Waals surface area contributed by atoms with Crippen molar-refractivity contribution in [3.05, 3.63) is 14.9 Å². The normalized spacial score (nSPS) is 6.36. The molecule has 0 amide bonds. The Kier molecular flexibility index (Phi) is 28.1. The van der Waals surface area contributed by atoms with E-state index >= 15 is 0 Å². The Hall–Kier alpha value is 1.03. The summed E-state index contributed by atoms with van der Waals surface area (Å²) in [4.78, 5) is 1.96. The van der Waals surface area contributed by atoms with Gasteiger partial charge in [-0.15, -0.1) is 0 Å². The van der Waals surface area contributed by atoms with Crippen molar-refractivity contribution in [2.45, 2.75) is 13.8 Å². The molecule has 11 heavy (non-hydrogen) atoms. The van der Waals surface area contributed by atoms with Crippen molar-refractivity contribution in [3.63, 3.8) is 0 Å². The predicted octanol–water partition coefficient (Wildman–Crippen LogP) is 1.68. The van der Waals surface area contributed by atoms with Crippen molar-refractivity contribution in [1.29, 1.82) is 0 Å². The molecule has 0 saturated carbocycles. The molecule has 0 fully saturated rings. The molecule has 0 radical (unpaired) electrons. The average Bonchev–Trinajstić information content (AvgIpc) is 1.69. The first-order chi connectivity index (χ1) is 3.72. The van der Waals surface area contributed by atoms with Crippen LogP contribution in [0.25, 0.3) is 0 Å². The van der Waals surface area contributed by atoms with Gasteiger partial charge in [-0.25, -0.2) is 0 Å². The van der Waals surface area contributed by atoms with Crippen molar-refractivity contribution in [2.24, 2.45) is 0 Å². The largest absolute Gasteiger partial charge is 3.00 e. The zero-order valence-electron chi connectivity index (χ0n) is 7.76. The van der Waals surface area contributed by atoms with Crippen LogP contribution in [0.5, 0.6) is 0 Å². The molecule has 0 aromatic heterocycles. The van der Waals surface area contributed by atoms with E-state index < -0.39 is 0 Å². The minimum Gasteiger partial charge on any atom is -0.411 e. The maximum absolute atomic E-state index is 4.76. The van der Waals surface area contributed by atoms with Crippen LogP contribution in [-0.2, 0) is 12.6 Å². The topological polar surface area (TPSA) is 3.24 Å². The Morgan fingerprint density at radius 2 is 1.55 bits per heavy atom. The third-order valence-corrected chi connectivity index (χ3v) is 1.54. The molecular formula is C7H16NS2Tl. The summed E-state index contributed by atoms with van der Waals surface area (Å²) in [6.45, 7) is 5.95. The van der Waals surface area contributed by atoms with Gasteiger partial charge in [-0.2, -0.15) is 0 Å². The number of hydrogen-bond acceptors (Lipinski definition) is 2. The molecule has 0 rings (SSSR count). The molecule has 0 aromatic rings. The van der Waals surface area contributed by atoms with E-state index in [2.05, 4.69) is 0 Å². The van der Waals surface area contributed by atoms with Gasteiger partial charge in [0, 0.05) is 13.1 Å². The van der Waals surface area contributed by atoms with Gasteiger partial charge in [-0.3, -0.25) is 0 Å². The van der Waals surface area contributed by atoms with Gasteiger partial charge in [0.15, 0.2) is 0 Å². The minimum absolute atomic E-state index is 0. The molecule has 0 atom stereocenters. The molecular weight excluding hydrogens is 367 g/mol. The summed E-state index contributed by atoms with van der Waals surface area (Å²) in [6.07, 6.45) is 0. The summed E-state index contributed by atoms with van der Waals surface area (Å²) in [5, 5.41) is 0. The van der Waals surface area contributed by atoms with E-state index in [4.69, 9.17) is 24.8 Å². The molecule has 0 aromatic carbocycles. The summed E-state index contributed by atoms with van der Waals surface area (Å²) in [7, 11) is 0. The third kappa shape index (κ3) is 11.0. The smallest absolute Gasteiger partial charge is 0.411 e. The minimum atomic E-state index is 0. The van der Waals surface area contributed by atoms with Crippen molar-refractivity contribution in [3.8, 4) is 0 Å². The fourth-order valence-electron chi connectivity index (χ4n) is 0.482. The number of hydrogen-bond donors (Lipinski definition) is 0. The molecule has 4 heteroatoms. The van der Waals surface area contributed by atoms with Gasteiger partial charge in [0.25, 0.3) is 0 Å². The van der Waals surface area contributed by atoms with Crippen molar-refractivity contribution in [1.82, 2.24) is 4.90 Å². The average molecular weight is 383 g/mol. The predicted molar refractivity (Wildman–Crippen MR) is 61.5 cm³/mol. The summed E-state index contributed by atoms with van der Waals surface area (Å²) in [6, 6.07) is 0. The first-order valence-electron chi connectivity index (χ1n) is 2.68. The molecule has 0 unspecified atom stereocenters. The molecule has 0 N–H and O–H groups in total. The number of thiocarbonyl (C=S) groups is 1. The van der Waals surface area contributed by atoms with E-state index in [1.165, 1.54) is 0 Å². The number of rotatable bonds is 2. The van der Waals surface area contributed by atoms with Gasteiger partial charge >= 0.3 is 27.3 Å². The van der Waals surface area contributed by atoms with E-state index in [0.29, 0.717) is 4.32 Å². The Balaban J connectivity index is -0.0000000817. The fraction of sp³-hybridized carbons (Fsp3) is 0.571. The molecule has 0 aliphatic carbocycles. The molecule has 64 valence electrons. The van der Waals surface area contributed by atoms with Crippen LogP contribution in [0.3, 0.4) is 0 Å². The van der Waals surface area contributed by atoms with Gasteiger partial charge in [0.2, 0.25) is 0 Å². The van der Waals surface area contributed by atoms with Gasteiger partial charge in [0.05, 0.1) is 0 Å². The van der Waals surface area contributed by atoms with Crippen LogP contribution in [0.2, 0.25) is 0 Å². The van der Waals surface area contributed by atoms with Crippen molar-refractivity contribution in [2.75, 3.05) is 13.1 Å². The SMILES string of the molecule is CCN(CC)C(=S)[S-].[CH3-].[CH3-].[Tl+3]. The maximum Gasteiger partial charge on any atom is 3.00 e. The van der Waals surface area contributed by atoms with Crippen LogP contribution >= 0.6 is 12.2 Å². The third-order valence-electron chi connectivity index (χ3n) is 1.02. The van der Waals surface area contributed by atoms with Gasteiger partial charge < -0.3 is 44.6 Å². The van der Waals surface area contributed by atoms with Gasteiger partial charge in [0.1, 0.15) is 0 Å². The van der Waals surface area contributed by atoms with Crippen LogP contribution in [0.4, 0.5) is 0 Å².